The third-order valence-electron chi connectivity index (χ3n) is 3.16. The van der Waals surface area contributed by atoms with Gasteiger partial charge in [0.15, 0.2) is 0 Å². The zero-order valence-electron chi connectivity index (χ0n) is 10.7. The van der Waals surface area contributed by atoms with E-state index in [0.29, 0.717) is 22.4 Å². The molecule has 4 heteroatoms. The zero-order chi connectivity index (χ0) is 13.9. The van der Waals surface area contributed by atoms with Crippen LogP contribution < -0.4 is 5.32 Å². The fourth-order valence-corrected chi connectivity index (χ4v) is 2.12. The lowest BCUT2D eigenvalue weighted by Gasteiger charge is -2.08. The Morgan fingerprint density at radius 2 is 1.85 bits per heavy atom. The fraction of sp³-hybridized carbons (Fsp3) is 0.0625. The molecule has 0 spiro atoms. The van der Waals surface area contributed by atoms with Gasteiger partial charge in [-0.2, -0.15) is 0 Å². The smallest absolute Gasteiger partial charge is 0.259 e. The summed E-state index contributed by atoms with van der Waals surface area (Å²) in [5, 5.41) is 12.8. The number of hydrogen-bond donors (Lipinski definition) is 2. The number of benzene rings is 2. The molecule has 0 aliphatic carbocycles. The molecule has 0 aliphatic rings. The largest absolute Gasteiger partial charge is 0.463 e. The van der Waals surface area contributed by atoms with Crippen molar-refractivity contribution in [2.24, 2.45) is 0 Å². The second-order valence-corrected chi connectivity index (χ2v) is 4.41. The molecule has 0 atom stereocenters. The normalized spacial score (nSPS) is 10.7. The lowest BCUT2D eigenvalue weighted by atomic mass is 10.1. The number of para-hydroxylation sites is 2. The van der Waals surface area contributed by atoms with Crippen LogP contribution in [0, 0.1) is 0 Å². The van der Waals surface area contributed by atoms with E-state index in [1.807, 2.05) is 36.4 Å². The third kappa shape index (κ3) is 2.17. The molecule has 3 aromatic rings. The van der Waals surface area contributed by atoms with Gasteiger partial charge in [-0.3, -0.25) is 4.79 Å². The summed E-state index contributed by atoms with van der Waals surface area (Å²) in [6, 6.07) is 14.5. The molecule has 20 heavy (non-hydrogen) atoms. The van der Waals surface area contributed by atoms with Crippen molar-refractivity contribution >= 4 is 22.6 Å². The molecule has 4 nitrogen and oxygen atoms in total. The summed E-state index contributed by atoms with van der Waals surface area (Å²) in [5.41, 5.74) is 2.43. The molecule has 0 bridgehead atoms. The summed E-state index contributed by atoms with van der Waals surface area (Å²) in [7, 11) is 0. The van der Waals surface area contributed by atoms with Crippen LogP contribution in [-0.2, 0) is 6.61 Å². The molecule has 2 aromatic carbocycles. The van der Waals surface area contributed by atoms with Crippen molar-refractivity contribution in [3.63, 3.8) is 0 Å². The van der Waals surface area contributed by atoms with Gasteiger partial charge in [0.05, 0.1) is 12.2 Å². The number of rotatable bonds is 3. The van der Waals surface area contributed by atoms with Gasteiger partial charge in [-0.1, -0.05) is 36.4 Å². The SMILES string of the molecule is O=C(Nc1ccccc1CO)c1coc2ccccc12. The quantitative estimate of drug-likeness (QED) is 0.766. The molecule has 1 aromatic heterocycles. The van der Waals surface area contributed by atoms with Crippen molar-refractivity contribution in [1.29, 1.82) is 0 Å². The highest BCUT2D eigenvalue weighted by Crippen LogP contribution is 2.22. The third-order valence-corrected chi connectivity index (χ3v) is 3.16. The summed E-state index contributed by atoms with van der Waals surface area (Å²) in [4.78, 5) is 12.3. The average Bonchev–Trinajstić information content (AvgIpc) is 2.92. The number of carbonyl (C=O) groups excluding carboxylic acids is 1. The van der Waals surface area contributed by atoms with Gasteiger partial charge in [0.25, 0.3) is 5.91 Å². The molecule has 0 saturated carbocycles. The number of hydrogen-bond acceptors (Lipinski definition) is 3. The van der Waals surface area contributed by atoms with Crippen molar-refractivity contribution in [1.82, 2.24) is 0 Å². The van der Waals surface area contributed by atoms with E-state index in [2.05, 4.69) is 5.32 Å². The first kappa shape index (κ1) is 12.4. The molecular formula is C16H13NO3. The minimum absolute atomic E-state index is 0.122. The highest BCUT2D eigenvalue weighted by molar-refractivity contribution is 6.12. The van der Waals surface area contributed by atoms with Crippen molar-refractivity contribution in [3.05, 3.63) is 65.9 Å². The van der Waals surface area contributed by atoms with Crippen LogP contribution in [0.3, 0.4) is 0 Å². The molecule has 0 radical (unpaired) electrons. The van der Waals surface area contributed by atoms with Crippen LogP contribution in [0.1, 0.15) is 15.9 Å². The molecule has 3 rings (SSSR count). The van der Waals surface area contributed by atoms with Crippen LogP contribution in [0.15, 0.2) is 59.2 Å². The summed E-state index contributed by atoms with van der Waals surface area (Å²) in [6.07, 6.45) is 1.45. The van der Waals surface area contributed by atoms with Crippen LogP contribution in [-0.4, -0.2) is 11.0 Å². The number of amides is 1. The Hall–Kier alpha value is -2.59. The van der Waals surface area contributed by atoms with E-state index in [1.54, 1.807) is 12.1 Å². The summed E-state index contributed by atoms with van der Waals surface area (Å²) >= 11 is 0. The van der Waals surface area contributed by atoms with Crippen LogP contribution in [0.5, 0.6) is 0 Å². The Labute approximate surface area is 115 Å². The Kier molecular flexibility index (Phi) is 3.23. The van der Waals surface area contributed by atoms with E-state index in [9.17, 15) is 9.90 Å². The summed E-state index contributed by atoms with van der Waals surface area (Å²) < 4.78 is 5.35. The van der Waals surface area contributed by atoms with E-state index in [4.69, 9.17) is 4.42 Å². The Balaban J connectivity index is 1.93. The highest BCUT2D eigenvalue weighted by atomic mass is 16.3. The number of carbonyl (C=O) groups is 1. The first-order valence-electron chi connectivity index (χ1n) is 6.26. The van der Waals surface area contributed by atoms with Crippen molar-refractivity contribution in [3.8, 4) is 0 Å². The Bertz CT molecular complexity index is 761. The number of aliphatic hydroxyl groups is 1. The van der Waals surface area contributed by atoms with Crippen LogP contribution >= 0.6 is 0 Å². The van der Waals surface area contributed by atoms with Gasteiger partial charge in [-0.15, -0.1) is 0 Å². The van der Waals surface area contributed by atoms with E-state index < -0.39 is 0 Å². The monoisotopic (exact) mass is 267 g/mol. The molecule has 2 N–H and O–H groups in total. The maximum atomic E-state index is 12.3. The molecule has 0 saturated heterocycles. The molecule has 100 valence electrons. The second-order valence-electron chi connectivity index (χ2n) is 4.41. The number of furan rings is 1. The van der Waals surface area contributed by atoms with Crippen molar-refractivity contribution in [2.45, 2.75) is 6.61 Å². The molecule has 1 amide bonds. The Morgan fingerprint density at radius 3 is 2.70 bits per heavy atom. The van der Waals surface area contributed by atoms with Crippen LogP contribution in [0.25, 0.3) is 11.0 Å². The van der Waals surface area contributed by atoms with Crippen molar-refractivity contribution < 1.29 is 14.3 Å². The maximum Gasteiger partial charge on any atom is 0.259 e. The summed E-state index contributed by atoms with van der Waals surface area (Å²) in [6.45, 7) is -0.122. The first-order valence-corrected chi connectivity index (χ1v) is 6.26. The minimum Gasteiger partial charge on any atom is -0.463 e. The van der Waals surface area contributed by atoms with Gasteiger partial charge in [0, 0.05) is 16.6 Å². The van der Waals surface area contributed by atoms with E-state index >= 15 is 0 Å². The number of anilines is 1. The van der Waals surface area contributed by atoms with Crippen molar-refractivity contribution in [2.75, 3.05) is 5.32 Å². The first-order chi connectivity index (χ1) is 9.79. The standard InChI is InChI=1S/C16H13NO3/c18-9-11-5-1-3-7-14(11)17-16(19)13-10-20-15-8-4-2-6-12(13)15/h1-8,10,18H,9H2,(H,17,19). The fourth-order valence-electron chi connectivity index (χ4n) is 2.12. The van der Waals surface area contributed by atoms with Gasteiger partial charge in [-0.05, 0) is 12.1 Å². The zero-order valence-corrected chi connectivity index (χ0v) is 10.7. The van der Waals surface area contributed by atoms with E-state index in [0.717, 1.165) is 5.39 Å². The number of fused-ring (bicyclic) bond motifs is 1. The molecule has 0 fully saturated rings. The minimum atomic E-state index is -0.254. The predicted octanol–water partition coefficient (Wildman–Crippen LogP) is 3.18. The maximum absolute atomic E-state index is 12.3. The number of nitrogens with one attached hydrogen (secondary N) is 1. The van der Waals surface area contributed by atoms with E-state index in [-0.39, 0.29) is 12.5 Å². The van der Waals surface area contributed by atoms with Gasteiger partial charge >= 0.3 is 0 Å². The molecule has 0 aliphatic heterocycles. The second kappa shape index (κ2) is 5.19. The van der Waals surface area contributed by atoms with Gasteiger partial charge in [0.1, 0.15) is 11.8 Å². The number of aliphatic hydroxyl groups excluding tert-OH is 1. The van der Waals surface area contributed by atoms with Gasteiger partial charge in [0.2, 0.25) is 0 Å². The van der Waals surface area contributed by atoms with Crippen LogP contribution in [0.4, 0.5) is 5.69 Å². The van der Waals surface area contributed by atoms with Gasteiger partial charge < -0.3 is 14.8 Å². The topological polar surface area (TPSA) is 62.5 Å². The average molecular weight is 267 g/mol. The van der Waals surface area contributed by atoms with Gasteiger partial charge in [-0.25, -0.2) is 0 Å². The molecule has 1 heterocycles. The lowest BCUT2D eigenvalue weighted by Crippen LogP contribution is -2.12. The molecular weight excluding hydrogens is 254 g/mol. The molecule has 0 unspecified atom stereocenters. The predicted molar refractivity (Wildman–Crippen MR) is 76.5 cm³/mol. The highest BCUT2D eigenvalue weighted by Gasteiger charge is 2.14. The van der Waals surface area contributed by atoms with Crippen LogP contribution in [0.2, 0.25) is 0 Å². The summed E-state index contributed by atoms with van der Waals surface area (Å²) in [5.74, 6) is -0.254. The lowest BCUT2D eigenvalue weighted by molar-refractivity contribution is 0.102. The van der Waals surface area contributed by atoms with E-state index in [1.165, 1.54) is 6.26 Å². The Morgan fingerprint density at radius 1 is 1.10 bits per heavy atom.